The summed E-state index contributed by atoms with van der Waals surface area (Å²) in [6.07, 6.45) is 0.741. The predicted molar refractivity (Wildman–Crippen MR) is 179 cm³/mol. The number of methoxy groups -OCH3 is 2. The largest absolute Gasteiger partial charge is 0.493 e. The van der Waals surface area contributed by atoms with Gasteiger partial charge in [-0.25, -0.2) is 9.59 Å². The van der Waals surface area contributed by atoms with Gasteiger partial charge in [-0.3, -0.25) is 19.4 Å². The van der Waals surface area contributed by atoms with Crippen LogP contribution in [0.5, 0.6) is 23.0 Å². The molecule has 4 aliphatic heterocycles. The zero-order chi connectivity index (χ0) is 35.0. The molecule has 6 rings (SSSR count). The Bertz CT molecular complexity index is 1600. The fraction of sp³-hybridized carbons (Fsp3) is 0.429. The number of carbonyl (C=O) groups excluding carboxylic acids is 2. The van der Waals surface area contributed by atoms with E-state index in [1.54, 1.807) is 21.9 Å². The highest BCUT2D eigenvalue weighted by Gasteiger charge is 2.41. The lowest BCUT2D eigenvalue weighted by Gasteiger charge is -2.24. The second-order valence-electron chi connectivity index (χ2n) is 12.7. The second kappa shape index (κ2) is 13.6. The monoisotopic (exact) mass is 676 g/mol. The Kier molecular flexibility index (Phi) is 9.30. The minimum absolute atomic E-state index is 0.133. The van der Waals surface area contributed by atoms with Gasteiger partial charge < -0.3 is 39.0 Å². The molecule has 2 atom stereocenters. The number of carboxylic acid groups (broad SMARTS) is 2. The molecule has 2 aromatic carbocycles. The average molecular weight is 677 g/mol. The number of benzene rings is 2. The van der Waals surface area contributed by atoms with Crippen LogP contribution in [-0.4, -0.2) is 110 Å². The Hall–Kier alpha value is -5.40. The number of fused-ring (bicyclic) bond motifs is 4. The van der Waals surface area contributed by atoms with Gasteiger partial charge in [-0.15, -0.1) is 0 Å². The Morgan fingerprint density at radius 2 is 1.10 bits per heavy atom. The van der Waals surface area contributed by atoms with Crippen molar-refractivity contribution in [2.75, 3.05) is 63.4 Å². The van der Waals surface area contributed by atoms with E-state index in [0.717, 1.165) is 11.1 Å². The minimum atomic E-state index is -1.16. The second-order valence-corrected chi connectivity index (χ2v) is 12.7. The summed E-state index contributed by atoms with van der Waals surface area (Å²) in [6.45, 7) is 9.61. The predicted octanol–water partition coefficient (Wildman–Crippen LogP) is 4.87. The topological polar surface area (TPSA) is 159 Å². The third-order valence-corrected chi connectivity index (χ3v) is 9.40. The van der Waals surface area contributed by atoms with Crippen LogP contribution in [0, 0.1) is 0 Å². The first-order valence-electron chi connectivity index (χ1n) is 16.2. The molecule has 14 nitrogen and oxygen atoms in total. The molecule has 4 heterocycles. The lowest BCUT2D eigenvalue weighted by molar-refractivity contribution is 0.0742. The third kappa shape index (κ3) is 6.42. The lowest BCUT2D eigenvalue weighted by Crippen LogP contribution is -2.41. The zero-order valence-electron chi connectivity index (χ0n) is 27.6. The summed E-state index contributed by atoms with van der Waals surface area (Å²) < 4.78 is 23.1. The van der Waals surface area contributed by atoms with E-state index in [4.69, 9.17) is 18.9 Å². The summed E-state index contributed by atoms with van der Waals surface area (Å²) in [5, 5.41) is 20.0. The number of anilines is 2. The highest BCUT2D eigenvalue weighted by molar-refractivity contribution is 6.06. The number of ether oxygens (including phenoxy) is 4. The quantitative estimate of drug-likeness (QED) is 0.263. The van der Waals surface area contributed by atoms with Crippen molar-refractivity contribution in [3.63, 3.8) is 0 Å². The molecular weight excluding hydrogens is 636 g/mol. The summed E-state index contributed by atoms with van der Waals surface area (Å²) in [6, 6.07) is 5.60. The first-order valence-corrected chi connectivity index (χ1v) is 16.2. The van der Waals surface area contributed by atoms with Crippen LogP contribution in [-0.2, 0) is 0 Å². The van der Waals surface area contributed by atoms with Crippen LogP contribution < -0.4 is 28.7 Å². The van der Waals surface area contributed by atoms with Crippen LogP contribution >= 0.6 is 0 Å². The lowest BCUT2D eigenvalue weighted by atomic mass is 10.1. The van der Waals surface area contributed by atoms with Crippen molar-refractivity contribution in [1.29, 1.82) is 0 Å². The van der Waals surface area contributed by atoms with E-state index < -0.39 is 12.2 Å². The van der Waals surface area contributed by atoms with Crippen LogP contribution in [0.1, 0.15) is 52.8 Å². The van der Waals surface area contributed by atoms with Gasteiger partial charge in [0.25, 0.3) is 11.8 Å². The van der Waals surface area contributed by atoms with Gasteiger partial charge in [0.1, 0.15) is 0 Å². The summed E-state index contributed by atoms with van der Waals surface area (Å²) >= 11 is 0. The van der Waals surface area contributed by atoms with Crippen molar-refractivity contribution in [1.82, 2.24) is 9.80 Å². The molecule has 0 bridgehead atoms. The summed E-state index contributed by atoms with van der Waals surface area (Å²) in [5.74, 6) is 0.776. The number of rotatable bonds is 10. The van der Waals surface area contributed by atoms with E-state index in [9.17, 15) is 29.4 Å². The van der Waals surface area contributed by atoms with Crippen molar-refractivity contribution in [3.05, 3.63) is 59.7 Å². The van der Waals surface area contributed by atoms with Crippen molar-refractivity contribution < 1.29 is 48.3 Å². The number of unbranched alkanes of at least 4 members (excludes halogenated alkanes) is 2. The van der Waals surface area contributed by atoms with Gasteiger partial charge in [0.15, 0.2) is 23.0 Å². The van der Waals surface area contributed by atoms with Gasteiger partial charge in [-0.1, -0.05) is 24.3 Å². The first kappa shape index (κ1) is 33.5. The number of nitrogens with zero attached hydrogens (tertiary/aromatic N) is 4. The molecule has 4 amide bonds. The van der Waals surface area contributed by atoms with E-state index in [1.165, 1.54) is 36.2 Å². The van der Waals surface area contributed by atoms with Gasteiger partial charge in [0.2, 0.25) is 0 Å². The molecule has 0 spiro atoms. The minimum Gasteiger partial charge on any atom is -0.493 e. The van der Waals surface area contributed by atoms with Gasteiger partial charge in [-0.05, 0) is 44.2 Å². The van der Waals surface area contributed by atoms with Gasteiger partial charge in [-0.2, -0.15) is 0 Å². The average Bonchev–Trinajstić information content (AvgIpc) is 3.58. The number of amides is 4. The fourth-order valence-corrected chi connectivity index (χ4v) is 7.02. The van der Waals surface area contributed by atoms with E-state index in [-0.39, 0.29) is 59.5 Å². The maximum absolute atomic E-state index is 13.4. The zero-order valence-corrected chi connectivity index (χ0v) is 27.6. The van der Waals surface area contributed by atoms with Crippen molar-refractivity contribution in [2.45, 2.75) is 44.2 Å². The molecule has 2 unspecified atom stereocenters. The molecule has 2 saturated heterocycles. The summed E-state index contributed by atoms with van der Waals surface area (Å²) in [5.41, 5.74) is 2.74. The van der Waals surface area contributed by atoms with E-state index in [1.807, 2.05) is 0 Å². The molecule has 260 valence electrons. The van der Waals surface area contributed by atoms with E-state index in [2.05, 4.69) is 13.2 Å². The van der Waals surface area contributed by atoms with Crippen LogP contribution in [0.3, 0.4) is 0 Å². The summed E-state index contributed by atoms with van der Waals surface area (Å²) in [4.78, 5) is 57.0. The smallest absolute Gasteiger partial charge is 0.411 e. The molecule has 0 aromatic heterocycles. The number of hydrogen-bond donors (Lipinski definition) is 2. The van der Waals surface area contributed by atoms with Crippen LogP contribution in [0.4, 0.5) is 21.0 Å². The van der Waals surface area contributed by atoms with Crippen LogP contribution in [0.2, 0.25) is 0 Å². The Morgan fingerprint density at radius 3 is 1.47 bits per heavy atom. The molecule has 0 aliphatic carbocycles. The van der Waals surface area contributed by atoms with Gasteiger partial charge >= 0.3 is 12.2 Å². The summed E-state index contributed by atoms with van der Waals surface area (Å²) in [7, 11) is 2.93. The number of hydrogen-bond acceptors (Lipinski definition) is 8. The molecular formula is C35H40N4O10. The van der Waals surface area contributed by atoms with Crippen molar-refractivity contribution in [2.24, 2.45) is 0 Å². The third-order valence-electron chi connectivity index (χ3n) is 9.40. The maximum atomic E-state index is 13.4. The molecule has 0 saturated carbocycles. The Labute approximate surface area is 283 Å². The SMILES string of the molecule is C=C1CC2CN(C(=O)O)c3cc(OCCCCCOc4cc5c(cc4OC)C(=O)N4CC(=C)CC4CN5C(=O)O)c(OC)cc3C(=O)N2C1. The Balaban J connectivity index is 1.08. The van der Waals surface area contributed by atoms with Gasteiger partial charge in [0.05, 0.1) is 75.1 Å². The Morgan fingerprint density at radius 1 is 0.694 bits per heavy atom. The van der Waals surface area contributed by atoms with Crippen LogP contribution in [0.15, 0.2) is 48.6 Å². The normalized spacial score (nSPS) is 19.9. The van der Waals surface area contributed by atoms with Crippen molar-refractivity contribution in [3.8, 4) is 23.0 Å². The van der Waals surface area contributed by atoms with Crippen LogP contribution in [0.25, 0.3) is 0 Å². The molecule has 49 heavy (non-hydrogen) atoms. The standard InChI is InChI=1S/C35H40N4O10/c1-20-10-22-18-38(34(42)43)26-14-30(28(46-3)12-24(26)32(40)36(22)16-20)48-8-6-5-7-9-49-31-15-27-25(13-29(31)47-4)33(41)37-17-21(2)11-23(37)19-39(27)35(44)45/h12-15,22-23H,1-2,5-11,16-19H2,3-4H3,(H,42,43)(H,44,45). The molecule has 2 fully saturated rings. The number of carbonyl (C=O) groups is 4. The maximum Gasteiger partial charge on any atom is 0.411 e. The molecule has 14 heteroatoms. The molecule has 0 radical (unpaired) electrons. The highest BCUT2D eigenvalue weighted by atomic mass is 16.5. The first-order chi connectivity index (χ1) is 23.5. The van der Waals surface area contributed by atoms with Crippen molar-refractivity contribution >= 4 is 35.4 Å². The fourth-order valence-electron chi connectivity index (χ4n) is 7.02. The molecule has 2 aromatic rings. The van der Waals surface area contributed by atoms with E-state index >= 15 is 0 Å². The van der Waals surface area contributed by atoms with E-state index in [0.29, 0.717) is 81.4 Å². The van der Waals surface area contributed by atoms with Gasteiger partial charge in [0, 0.05) is 25.2 Å². The molecule has 2 N–H and O–H groups in total. The highest BCUT2D eigenvalue weighted by Crippen LogP contribution is 2.42. The molecule has 4 aliphatic rings.